The van der Waals surface area contributed by atoms with Crippen molar-refractivity contribution in [3.63, 3.8) is 0 Å². The van der Waals surface area contributed by atoms with Gasteiger partial charge in [0.05, 0.1) is 11.7 Å². The van der Waals surface area contributed by atoms with E-state index >= 15 is 0 Å². The first-order valence-electron chi connectivity index (χ1n) is 6.74. The maximum Gasteiger partial charge on any atom is 0.146 e. The summed E-state index contributed by atoms with van der Waals surface area (Å²) in [6.07, 6.45) is 0. The molecular weight excluding hydrogens is 294 g/mol. The second kappa shape index (κ2) is 6.87. The molecule has 2 aromatic rings. The monoisotopic (exact) mass is 310 g/mol. The van der Waals surface area contributed by atoms with E-state index in [1.807, 2.05) is 6.92 Å². The summed E-state index contributed by atoms with van der Waals surface area (Å²) in [4.78, 5) is 1.74. The second-order valence-corrected chi connectivity index (χ2v) is 5.09. The molecule has 0 saturated carbocycles. The number of likely N-dealkylation sites (N-methyl/N-ethyl adjacent to an activating group) is 1. The average Bonchev–Trinajstić information content (AvgIpc) is 2.48. The molecule has 0 aromatic heterocycles. The van der Waals surface area contributed by atoms with Crippen LogP contribution in [0.4, 0.5) is 14.5 Å². The largest absolute Gasteiger partial charge is 0.361 e. The van der Waals surface area contributed by atoms with Gasteiger partial charge >= 0.3 is 0 Å². The Morgan fingerprint density at radius 2 is 1.86 bits per heavy atom. The summed E-state index contributed by atoms with van der Waals surface area (Å²) in [7, 11) is 0. The van der Waals surface area contributed by atoms with Crippen LogP contribution in [0.2, 0.25) is 5.02 Å². The number of nitrogens with two attached hydrogens (primary N) is 1. The van der Waals surface area contributed by atoms with Crippen molar-refractivity contribution in [1.29, 1.82) is 0 Å². The van der Waals surface area contributed by atoms with Gasteiger partial charge in [-0.05, 0) is 37.3 Å². The van der Waals surface area contributed by atoms with E-state index in [4.69, 9.17) is 17.3 Å². The lowest BCUT2D eigenvalue weighted by Gasteiger charge is -2.32. The van der Waals surface area contributed by atoms with E-state index < -0.39 is 11.9 Å². The molecule has 0 aliphatic rings. The fourth-order valence-electron chi connectivity index (χ4n) is 2.44. The highest BCUT2D eigenvalue weighted by Crippen LogP contribution is 2.31. The predicted octanol–water partition coefficient (Wildman–Crippen LogP) is 4.14. The van der Waals surface area contributed by atoms with Crippen molar-refractivity contribution in [3.8, 4) is 0 Å². The van der Waals surface area contributed by atoms with Crippen LogP contribution >= 0.6 is 11.6 Å². The Balaban J connectivity index is 2.48. The van der Waals surface area contributed by atoms with Gasteiger partial charge in [-0.25, -0.2) is 8.78 Å². The third-order valence-electron chi connectivity index (χ3n) is 3.42. The Labute approximate surface area is 128 Å². The van der Waals surface area contributed by atoms with Crippen LogP contribution in [0.3, 0.4) is 0 Å². The van der Waals surface area contributed by atoms with Crippen molar-refractivity contribution < 1.29 is 8.78 Å². The van der Waals surface area contributed by atoms with Crippen molar-refractivity contribution >= 4 is 17.3 Å². The fourth-order valence-corrected chi connectivity index (χ4v) is 2.62. The quantitative estimate of drug-likeness (QED) is 0.899. The smallest absolute Gasteiger partial charge is 0.146 e. The van der Waals surface area contributed by atoms with Crippen LogP contribution in [0.25, 0.3) is 0 Å². The molecule has 0 saturated heterocycles. The number of hydrogen-bond donors (Lipinski definition) is 1. The number of nitrogens with zero attached hydrogens (tertiary/aromatic N) is 1. The Hall–Kier alpha value is -1.65. The predicted molar refractivity (Wildman–Crippen MR) is 82.6 cm³/mol. The van der Waals surface area contributed by atoms with Crippen molar-refractivity contribution in [2.24, 2.45) is 5.73 Å². The SMILES string of the molecule is CCN(c1ccccc1F)C(CN)c1cc(Cl)ccc1F. The van der Waals surface area contributed by atoms with Crippen LogP contribution < -0.4 is 10.6 Å². The van der Waals surface area contributed by atoms with Crippen LogP contribution in [-0.4, -0.2) is 13.1 Å². The number of hydrogen-bond acceptors (Lipinski definition) is 2. The van der Waals surface area contributed by atoms with Gasteiger partial charge in [-0.2, -0.15) is 0 Å². The number of anilines is 1. The molecule has 0 amide bonds. The minimum absolute atomic E-state index is 0.152. The molecule has 2 nitrogen and oxygen atoms in total. The summed E-state index contributed by atoms with van der Waals surface area (Å²) in [6, 6.07) is 10.2. The van der Waals surface area contributed by atoms with Crippen LogP contribution in [-0.2, 0) is 0 Å². The van der Waals surface area contributed by atoms with E-state index in [0.29, 0.717) is 22.8 Å². The van der Waals surface area contributed by atoms with Gasteiger partial charge in [0, 0.05) is 23.7 Å². The van der Waals surface area contributed by atoms with Crippen LogP contribution in [0.1, 0.15) is 18.5 Å². The van der Waals surface area contributed by atoms with Gasteiger partial charge in [-0.1, -0.05) is 23.7 Å². The molecule has 0 fully saturated rings. The number of benzene rings is 2. The summed E-state index contributed by atoms with van der Waals surface area (Å²) in [5.41, 5.74) is 6.58. The van der Waals surface area contributed by atoms with Gasteiger partial charge in [0.25, 0.3) is 0 Å². The molecule has 0 bridgehead atoms. The minimum atomic E-state index is -0.481. The molecule has 0 spiro atoms. The van der Waals surface area contributed by atoms with E-state index in [0.717, 1.165) is 0 Å². The maximum atomic E-state index is 14.1. The third-order valence-corrected chi connectivity index (χ3v) is 3.65. The van der Waals surface area contributed by atoms with Gasteiger partial charge < -0.3 is 10.6 Å². The van der Waals surface area contributed by atoms with Crippen molar-refractivity contribution in [2.75, 3.05) is 18.0 Å². The lowest BCUT2D eigenvalue weighted by Crippen LogP contribution is -2.34. The van der Waals surface area contributed by atoms with E-state index in [1.165, 1.54) is 24.3 Å². The molecule has 1 atom stereocenters. The molecule has 112 valence electrons. The summed E-state index contributed by atoms with van der Waals surface area (Å²) in [6.45, 7) is 2.52. The molecule has 21 heavy (non-hydrogen) atoms. The molecule has 2 rings (SSSR count). The zero-order chi connectivity index (χ0) is 15.4. The second-order valence-electron chi connectivity index (χ2n) is 4.65. The van der Waals surface area contributed by atoms with E-state index in [9.17, 15) is 8.78 Å². The number of para-hydroxylation sites is 1. The Morgan fingerprint density at radius 1 is 1.14 bits per heavy atom. The number of halogens is 3. The third kappa shape index (κ3) is 3.34. The van der Waals surface area contributed by atoms with Crippen LogP contribution in [0, 0.1) is 11.6 Å². The molecule has 5 heteroatoms. The Kier molecular flexibility index (Phi) is 5.15. The molecule has 0 heterocycles. The molecule has 2 aromatic carbocycles. The Bertz CT molecular complexity index is 619. The van der Waals surface area contributed by atoms with Crippen LogP contribution in [0.5, 0.6) is 0 Å². The maximum absolute atomic E-state index is 14.1. The van der Waals surface area contributed by atoms with Crippen molar-refractivity contribution in [2.45, 2.75) is 13.0 Å². The minimum Gasteiger partial charge on any atom is -0.361 e. The molecule has 2 N–H and O–H groups in total. The zero-order valence-electron chi connectivity index (χ0n) is 11.7. The van der Waals surface area contributed by atoms with E-state index in [1.54, 1.807) is 23.1 Å². The molecule has 0 aliphatic carbocycles. The summed E-state index contributed by atoms with van der Waals surface area (Å²) < 4.78 is 28.1. The Morgan fingerprint density at radius 3 is 2.48 bits per heavy atom. The lowest BCUT2D eigenvalue weighted by molar-refractivity contribution is 0.550. The highest BCUT2D eigenvalue weighted by Gasteiger charge is 2.23. The van der Waals surface area contributed by atoms with E-state index in [2.05, 4.69) is 0 Å². The first-order chi connectivity index (χ1) is 10.1. The standard InChI is InChI=1S/C16H17ClF2N2/c1-2-21(15-6-4-3-5-14(15)19)16(10-20)12-9-11(17)7-8-13(12)18/h3-9,16H,2,10,20H2,1H3. The average molecular weight is 311 g/mol. The van der Waals surface area contributed by atoms with Gasteiger partial charge in [0.2, 0.25) is 0 Å². The first-order valence-corrected chi connectivity index (χ1v) is 7.12. The van der Waals surface area contributed by atoms with Gasteiger partial charge in [-0.15, -0.1) is 0 Å². The fraction of sp³-hybridized carbons (Fsp3) is 0.250. The van der Waals surface area contributed by atoms with Crippen molar-refractivity contribution in [3.05, 3.63) is 64.7 Å². The number of rotatable bonds is 5. The highest BCUT2D eigenvalue weighted by molar-refractivity contribution is 6.30. The zero-order valence-corrected chi connectivity index (χ0v) is 12.4. The van der Waals surface area contributed by atoms with Crippen LogP contribution in [0.15, 0.2) is 42.5 Å². The first kappa shape index (κ1) is 15.7. The highest BCUT2D eigenvalue weighted by atomic mass is 35.5. The molecule has 1 unspecified atom stereocenters. The topological polar surface area (TPSA) is 29.3 Å². The molecule has 0 radical (unpaired) electrons. The summed E-state index contributed by atoms with van der Waals surface area (Å²) in [5, 5.41) is 0.425. The molecular formula is C16H17ClF2N2. The molecule has 0 aliphatic heterocycles. The van der Waals surface area contributed by atoms with E-state index in [-0.39, 0.29) is 12.4 Å². The van der Waals surface area contributed by atoms with Gasteiger partial charge in [0.15, 0.2) is 0 Å². The summed E-state index contributed by atoms with van der Waals surface area (Å²) in [5.74, 6) is -0.759. The van der Waals surface area contributed by atoms with Gasteiger partial charge in [0.1, 0.15) is 11.6 Å². The normalized spacial score (nSPS) is 12.2. The lowest BCUT2D eigenvalue weighted by atomic mass is 10.0. The van der Waals surface area contributed by atoms with Gasteiger partial charge in [-0.3, -0.25) is 0 Å². The van der Waals surface area contributed by atoms with Crippen molar-refractivity contribution in [1.82, 2.24) is 0 Å². The summed E-state index contributed by atoms with van der Waals surface area (Å²) >= 11 is 5.94.